The van der Waals surface area contributed by atoms with Crippen molar-refractivity contribution in [1.29, 1.82) is 0 Å². The van der Waals surface area contributed by atoms with Gasteiger partial charge in [0, 0.05) is 27.7 Å². The zero-order chi connectivity index (χ0) is 18.4. The van der Waals surface area contributed by atoms with Gasteiger partial charge in [0.25, 0.3) is 0 Å². The molecular weight excluding hydrogens is 392 g/mol. The maximum atomic E-state index is 11.4. The van der Waals surface area contributed by atoms with Crippen LogP contribution in [0, 0.1) is 0 Å². The molecule has 136 valence electrons. The van der Waals surface area contributed by atoms with E-state index in [9.17, 15) is 19.2 Å². The quantitative estimate of drug-likeness (QED) is 0.362. The molecule has 1 rings (SSSR count). The molecule has 0 aromatic heterocycles. The van der Waals surface area contributed by atoms with Gasteiger partial charge in [-0.3, -0.25) is 19.2 Å². The first-order valence-corrected chi connectivity index (χ1v) is 7.98. The smallest absolute Gasteiger partial charge is 0.303 e. The number of carbonyl (C=O) groups excluding carboxylic acids is 4. The van der Waals surface area contributed by atoms with E-state index in [-0.39, 0.29) is 6.61 Å². The first-order chi connectivity index (χ1) is 11.1. The summed E-state index contributed by atoms with van der Waals surface area (Å²) < 4.78 is 25.9. The van der Waals surface area contributed by atoms with E-state index >= 15 is 0 Å². The standard InChI is InChI=1S/C14H19BrO9/c1-6(16)20-5-10-11(21-7(2)17)12(22-8(3)18)13(14(15)24-10)23-9(4)19/h10-14H,5H2,1-4H3/t10?,11-,12-,13?,14-/m1/s1. The Morgan fingerprint density at radius 3 is 1.71 bits per heavy atom. The summed E-state index contributed by atoms with van der Waals surface area (Å²) in [7, 11) is 0. The zero-order valence-electron chi connectivity index (χ0n) is 13.6. The van der Waals surface area contributed by atoms with Crippen molar-refractivity contribution in [2.24, 2.45) is 0 Å². The van der Waals surface area contributed by atoms with E-state index in [2.05, 4.69) is 15.9 Å². The fourth-order valence-corrected chi connectivity index (χ4v) is 2.86. The van der Waals surface area contributed by atoms with Gasteiger partial charge in [0.15, 0.2) is 23.3 Å². The van der Waals surface area contributed by atoms with Crippen molar-refractivity contribution in [2.75, 3.05) is 6.61 Å². The van der Waals surface area contributed by atoms with Crippen LogP contribution in [0.1, 0.15) is 27.7 Å². The molecule has 0 amide bonds. The van der Waals surface area contributed by atoms with Gasteiger partial charge in [-0.15, -0.1) is 0 Å². The monoisotopic (exact) mass is 410 g/mol. The minimum Gasteiger partial charge on any atom is -0.463 e. The van der Waals surface area contributed by atoms with Gasteiger partial charge in [0.05, 0.1) is 0 Å². The molecule has 1 heterocycles. The maximum absolute atomic E-state index is 11.4. The molecule has 0 aromatic rings. The number of hydrogen-bond acceptors (Lipinski definition) is 9. The van der Waals surface area contributed by atoms with Crippen LogP contribution in [0.3, 0.4) is 0 Å². The van der Waals surface area contributed by atoms with Gasteiger partial charge in [0.1, 0.15) is 12.7 Å². The van der Waals surface area contributed by atoms with E-state index in [1.54, 1.807) is 0 Å². The molecule has 2 unspecified atom stereocenters. The summed E-state index contributed by atoms with van der Waals surface area (Å²) in [5, 5.41) is -0.863. The molecule has 9 nitrogen and oxygen atoms in total. The molecule has 10 heteroatoms. The van der Waals surface area contributed by atoms with Crippen LogP contribution >= 0.6 is 15.9 Å². The third kappa shape index (κ3) is 6.08. The molecule has 1 aliphatic rings. The molecule has 0 radical (unpaired) electrons. The molecule has 24 heavy (non-hydrogen) atoms. The van der Waals surface area contributed by atoms with Crippen LogP contribution in [0.15, 0.2) is 0 Å². The highest BCUT2D eigenvalue weighted by molar-refractivity contribution is 9.09. The van der Waals surface area contributed by atoms with Crippen molar-refractivity contribution >= 4 is 39.8 Å². The Hall–Kier alpha value is -1.68. The van der Waals surface area contributed by atoms with Crippen LogP contribution in [-0.4, -0.2) is 59.9 Å². The fourth-order valence-electron chi connectivity index (χ4n) is 2.18. The highest BCUT2D eigenvalue weighted by Crippen LogP contribution is 2.31. The van der Waals surface area contributed by atoms with Crippen LogP contribution in [0.2, 0.25) is 0 Å². The predicted molar refractivity (Wildman–Crippen MR) is 80.9 cm³/mol. The Kier molecular flexibility index (Phi) is 7.61. The normalized spacial score (nSPS) is 29.3. The highest BCUT2D eigenvalue weighted by atomic mass is 79.9. The zero-order valence-corrected chi connectivity index (χ0v) is 15.2. The summed E-state index contributed by atoms with van der Waals surface area (Å²) in [6.45, 7) is 4.47. The Labute approximate surface area is 147 Å². The van der Waals surface area contributed by atoms with Crippen LogP contribution in [0.25, 0.3) is 0 Å². The number of halogens is 1. The molecule has 1 fully saturated rings. The van der Waals surface area contributed by atoms with Gasteiger partial charge in [0.2, 0.25) is 0 Å². The van der Waals surface area contributed by atoms with Crippen molar-refractivity contribution in [3.05, 3.63) is 0 Å². The lowest BCUT2D eigenvalue weighted by molar-refractivity contribution is -0.236. The second kappa shape index (κ2) is 8.97. The molecule has 0 bridgehead atoms. The minimum absolute atomic E-state index is 0.236. The highest BCUT2D eigenvalue weighted by Gasteiger charge is 2.51. The Morgan fingerprint density at radius 2 is 1.25 bits per heavy atom. The van der Waals surface area contributed by atoms with Crippen LogP contribution in [-0.2, 0) is 42.9 Å². The van der Waals surface area contributed by atoms with Crippen molar-refractivity contribution < 1.29 is 42.9 Å². The SMILES string of the molecule is CC(=O)OCC1O[C@@H](Br)C(OC(C)=O)[C@H](OC(C)=O)[C@@H]1OC(C)=O. The second-order valence-electron chi connectivity index (χ2n) is 5.05. The number of rotatable bonds is 5. The molecule has 0 N–H and O–H groups in total. The van der Waals surface area contributed by atoms with Crippen molar-refractivity contribution in [2.45, 2.75) is 57.1 Å². The summed E-state index contributed by atoms with van der Waals surface area (Å²) in [6, 6.07) is 0. The van der Waals surface area contributed by atoms with Crippen molar-refractivity contribution in [1.82, 2.24) is 0 Å². The van der Waals surface area contributed by atoms with Gasteiger partial charge < -0.3 is 23.7 Å². The van der Waals surface area contributed by atoms with Crippen LogP contribution in [0.5, 0.6) is 0 Å². The Bertz CT molecular complexity index is 506. The predicted octanol–water partition coefficient (Wildman–Crippen LogP) is 0.464. The van der Waals surface area contributed by atoms with Gasteiger partial charge >= 0.3 is 23.9 Å². The lowest BCUT2D eigenvalue weighted by Crippen LogP contribution is -2.60. The van der Waals surface area contributed by atoms with E-state index in [4.69, 9.17) is 23.7 Å². The number of hydrogen-bond donors (Lipinski definition) is 0. The van der Waals surface area contributed by atoms with Gasteiger partial charge in [-0.05, 0) is 0 Å². The summed E-state index contributed by atoms with van der Waals surface area (Å²) >= 11 is 3.18. The molecular formula is C14H19BrO9. The van der Waals surface area contributed by atoms with E-state index in [0.717, 1.165) is 13.8 Å². The molecule has 0 spiro atoms. The average Bonchev–Trinajstić information content (AvgIpc) is 2.42. The van der Waals surface area contributed by atoms with Gasteiger partial charge in [-0.25, -0.2) is 0 Å². The van der Waals surface area contributed by atoms with Gasteiger partial charge in [-0.2, -0.15) is 0 Å². The topological polar surface area (TPSA) is 114 Å². The number of ether oxygens (including phenoxy) is 5. The first kappa shape index (κ1) is 20.4. The van der Waals surface area contributed by atoms with E-state index in [1.165, 1.54) is 13.8 Å². The van der Waals surface area contributed by atoms with Gasteiger partial charge in [-0.1, -0.05) is 15.9 Å². The first-order valence-electron chi connectivity index (χ1n) is 7.06. The molecule has 5 atom stereocenters. The third-order valence-electron chi connectivity index (χ3n) is 2.93. The average molecular weight is 411 g/mol. The summed E-state index contributed by atoms with van der Waals surface area (Å²) in [6.07, 6.45) is -4.22. The molecule has 0 saturated carbocycles. The number of carbonyl (C=O) groups is 4. The third-order valence-corrected chi connectivity index (χ3v) is 3.67. The van der Waals surface area contributed by atoms with E-state index in [1.807, 2.05) is 0 Å². The summed E-state index contributed by atoms with van der Waals surface area (Å²) in [5.74, 6) is -2.52. The Balaban J connectivity index is 3.11. The molecule has 0 aliphatic carbocycles. The van der Waals surface area contributed by atoms with Crippen molar-refractivity contribution in [3.8, 4) is 0 Å². The minimum atomic E-state index is -1.13. The van der Waals surface area contributed by atoms with Crippen LogP contribution in [0.4, 0.5) is 0 Å². The largest absolute Gasteiger partial charge is 0.463 e. The van der Waals surface area contributed by atoms with Crippen molar-refractivity contribution in [3.63, 3.8) is 0 Å². The fraction of sp³-hybridized carbons (Fsp3) is 0.714. The van der Waals surface area contributed by atoms with Crippen LogP contribution < -0.4 is 0 Å². The lowest BCUT2D eigenvalue weighted by atomic mass is 9.99. The molecule has 1 aliphatic heterocycles. The molecule has 0 aromatic carbocycles. The lowest BCUT2D eigenvalue weighted by Gasteiger charge is -2.42. The summed E-state index contributed by atoms with van der Waals surface area (Å²) in [4.78, 5) is 45.1. The molecule has 1 saturated heterocycles. The maximum Gasteiger partial charge on any atom is 0.303 e. The summed E-state index contributed by atoms with van der Waals surface area (Å²) in [5.41, 5.74) is 0. The number of alkyl halides is 1. The van der Waals surface area contributed by atoms with E-state index < -0.39 is 53.3 Å². The second-order valence-corrected chi connectivity index (χ2v) is 5.95. The Morgan fingerprint density at radius 1 is 0.792 bits per heavy atom. The van der Waals surface area contributed by atoms with E-state index in [0.29, 0.717) is 0 Å². The number of esters is 4.